The van der Waals surface area contributed by atoms with E-state index in [0.717, 1.165) is 11.4 Å². The van der Waals surface area contributed by atoms with Crippen LogP contribution in [-0.2, 0) is 0 Å². The predicted octanol–water partition coefficient (Wildman–Crippen LogP) is 12.8. The second-order valence-corrected chi connectivity index (χ2v) is 15.1. The van der Waals surface area contributed by atoms with Gasteiger partial charge in [-0.05, 0) is 117 Å². The number of hydrogen-bond donors (Lipinski definition) is 0. The Bertz CT molecular complexity index is 3260. The van der Waals surface area contributed by atoms with E-state index < -0.39 is 0 Å². The minimum Gasteiger partial charge on any atom is -0.309 e. The first-order chi connectivity index (χ1) is 28.2. The lowest BCUT2D eigenvalue weighted by Crippen LogP contribution is -1.99. The number of nitrogens with zero attached hydrogens (tertiary/aromatic N) is 2. The standard InChI is InChI=1S/C54H37BN2/c55-44-25-19-38(20-26-44)41-31-42(33-43(32-41)40-23-29-49-47-15-7-9-17-51(47)57(54(49)35-40)45-13-5-2-6-14-45)39-24-30-53-50(34-39)48-16-8-10-18-52(48)56(53)46-27-21-37(22-28-46)36-11-3-1-4-12-36/h1-35H,55H2. The number of rotatable bonds is 6. The molecule has 11 rings (SSSR count). The van der Waals surface area contributed by atoms with Crippen molar-refractivity contribution in [2.24, 2.45) is 0 Å². The number of fused-ring (bicyclic) bond motifs is 6. The Morgan fingerprint density at radius 3 is 1.35 bits per heavy atom. The van der Waals surface area contributed by atoms with Crippen LogP contribution in [0.2, 0.25) is 0 Å². The van der Waals surface area contributed by atoms with Crippen molar-refractivity contribution in [3.63, 3.8) is 0 Å². The zero-order valence-corrected chi connectivity index (χ0v) is 31.6. The normalized spacial score (nSPS) is 11.6. The summed E-state index contributed by atoms with van der Waals surface area (Å²) >= 11 is 0. The summed E-state index contributed by atoms with van der Waals surface area (Å²) in [5, 5.41) is 5.00. The molecule has 0 aliphatic heterocycles. The Balaban J connectivity index is 1.08. The fourth-order valence-corrected chi connectivity index (χ4v) is 8.74. The van der Waals surface area contributed by atoms with Crippen molar-refractivity contribution in [3.05, 3.63) is 212 Å². The van der Waals surface area contributed by atoms with E-state index in [-0.39, 0.29) is 0 Å². The van der Waals surface area contributed by atoms with Crippen LogP contribution in [0.25, 0.3) is 99.5 Å². The smallest absolute Gasteiger partial charge is 0.139 e. The van der Waals surface area contributed by atoms with Gasteiger partial charge in [0.25, 0.3) is 0 Å². The van der Waals surface area contributed by atoms with Crippen LogP contribution in [0.5, 0.6) is 0 Å². The molecule has 0 atom stereocenters. The molecule has 0 N–H and O–H groups in total. The van der Waals surface area contributed by atoms with E-state index in [2.05, 4.69) is 229 Å². The van der Waals surface area contributed by atoms with Crippen LogP contribution in [0.1, 0.15) is 0 Å². The van der Waals surface area contributed by atoms with Gasteiger partial charge < -0.3 is 9.13 Å². The topological polar surface area (TPSA) is 9.86 Å². The van der Waals surface area contributed by atoms with Crippen molar-refractivity contribution < 1.29 is 0 Å². The largest absolute Gasteiger partial charge is 0.309 e. The van der Waals surface area contributed by atoms with Crippen LogP contribution < -0.4 is 5.46 Å². The Morgan fingerprint density at radius 2 is 0.667 bits per heavy atom. The summed E-state index contributed by atoms with van der Waals surface area (Å²) in [5.41, 5.74) is 18.0. The monoisotopic (exact) mass is 724 g/mol. The third kappa shape index (κ3) is 5.67. The molecule has 0 aliphatic rings. The third-order valence-electron chi connectivity index (χ3n) is 11.6. The van der Waals surface area contributed by atoms with Gasteiger partial charge in [-0.25, -0.2) is 0 Å². The molecule has 0 bridgehead atoms. The molecule has 0 aliphatic carbocycles. The molecule has 2 heterocycles. The number of aromatic nitrogens is 2. The van der Waals surface area contributed by atoms with E-state index in [1.165, 1.54) is 93.6 Å². The van der Waals surface area contributed by atoms with Crippen molar-refractivity contribution in [2.75, 3.05) is 0 Å². The molecule has 0 saturated carbocycles. The number of hydrogen-bond acceptors (Lipinski definition) is 0. The van der Waals surface area contributed by atoms with E-state index in [4.69, 9.17) is 0 Å². The molecule has 2 aromatic heterocycles. The fraction of sp³-hybridized carbons (Fsp3) is 0. The molecule has 0 unspecified atom stereocenters. The van der Waals surface area contributed by atoms with Gasteiger partial charge in [-0.1, -0.05) is 145 Å². The third-order valence-corrected chi connectivity index (χ3v) is 11.6. The Hall–Kier alpha value is -7.36. The average Bonchev–Trinajstić information content (AvgIpc) is 3.79. The Kier molecular flexibility index (Phi) is 7.79. The molecular weight excluding hydrogens is 687 g/mol. The molecule has 9 aromatic carbocycles. The van der Waals surface area contributed by atoms with Gasteiger partial charge in [0.05, 0.1) is 22.1 Å². The van der Waals surface area contributed by atoms with Gasteiger partial charge in [-0.2, -0.15) is 0 Å². The van der Waals surface area contributed by atoms with Gasteiger partial charge >= 0.3 is 0 Å². The molecule has 57 heavy (non-hydrogen) atoms. The van der Waals surface area contributed by atoms with Crippen LogP contribution in [0.15, 0.2) is 212 Å². The average molecular weight is 725 g/mol. The molecule has 0 spiro atoms. The summed E-state index contributed by atoms with van der Waals surface area (Å²) in [5.74, 6) is 0. The molecule has 266 valence electrons. The van der Waals surface area contributed by atoms with Crippen LogP contribution in [-0.4, -0.2) is 17.0 Å². The molecule has 11 aromatic rings. The van der Waals surface area contributed by atoms with Crippen LogP contribution in [0, 0.1) is 0 Å². The quantitative estimate of drug-likeness (QED) is 0.151. The lowest BCUT2D eigenvalue weighted by Gasteiger charge is -2.13. The molecule has 3 heteroatoms. The van der Waals surface area contributed by atoms with E-state index in [0.29, 0.717) is 0 Å². The van der Waals surface area contributed by atoms with Gasteiger partial charge in [0.2, 0.25) is 0 Å². The maximum atomic E-state index is 2.40. The molecule has 0 amide bonds. The summed E-state index contributed by atoms with van der Waals surface area (Å²) < 4.78 is 4.80. The Labute approximate surface area is 332 Å². The van der Waals surface area contributed by atoms with E-state index >= 15 is 0 Å². The van der Waals surface area contributed by atoms with Gasteiger partial charge in [0.1, 0.15) is 7.85 Å². The predicted molar refractivity (Wildman–Crippen MR) is 245 cm³/mol. The van der Waals surface area contributed by atoms with Crippen molar-refractivity contribution in [1.82, 2.24) is 9.13 Å². The molecule has 2 nitrogen and oxygen atoms in total. The first-order valence-electron chi connectivity index (χ1n) is 19.7. The van der Waals surface area contributed by atoms with Gasteiger partial charge in [0, 0.05) is 32.9 Å². The maximum absolute atomic E-state index is 2.40. The Morgan fingerprint density at radius 1 is 0.246 bits per heavy atom. The second kappa shape index (κ2) is 13.4. The van der Waals surface area contributed by atoms with Crippen molar-refractivity contribution >= 4 is 56.9 Å². The lowest BCUT2D eigenvalue weighted by molar-refractivity contribution is 1.18. The van der Waals surface area contributed by atoms with E-state index in [1.54, 1.807) is 0 Å². The molecule has 0 radical (unpaired) electrons. The minimum absolute atomic E-state index is 1.15. The van der Waals surface area contributed by atoms with E-state index in [1.807, 2.05) is 0 Å². The highest BCUT2D eigenvalue weighted by atomic mass is 15.0. The highest BCUT2D eigenvalue weighted by Gasteiger charge is 2.17. The maximum Gasteiger partial charge on any atom is 0.139 e. The van der Waals surface area contributed by atoms with E-state index in [9.17, 15) is 0 Å². The van der Waals surface area contributed by atoms with Crippen molar-refractivity contribution in [2.45, 2.75) is 0 Å². The van der Waals surface area contributed by atoms with Crippen molar-refractivity contribution in [3.8, 4) is 55.9 Å². The van der Waals surface area contributed by atoms with Gasteiger partial charge in [0.15, 0.2) is 0 Å². The molecule has 0 saturated heterocycles. The number of para-hydroxylation sites is 3. The summed E-state index contributed by atoms with van der Waals surface area (Å²) in [6.07, 6.45) is 0. The molecule has 0 fully saturated rings. The first-order valence-corrected chi connectivity index (χ1v) is 19.7. The lowest BCUT2D eigenvalue weighted by atomic mass is 9.90. The van der Waals surface area contributed by atoms with Crippen LogP contribution >= 0.6 is 0 Å². The highest BCUT2D eigenvalue weighted by Crippen LogP contribution is 2.40. The summed E-state index contributed by atoms with van der Waals surface area (Å²) in [6.45, 7) is 0. The van der Waals surface area contributed by atoms with Crippen LogP contribution in [0.4, 0.5) is 0 Å². The first kappa shape index (κ1) is 33.0. The summed E-state index contributed by atoms with van der Waals surface area (Å²) in [6, 6.07) is 77.7. The SMILES string of the molecule is Bc1ccc(-c2cc(-c3ccc4c(c3)c3ccccc3n4-c3ccc(-c4ccccc4)cc3)cc(-c3ccc4c5ccccc5n(-c5ccccc5)c4c3)c2)cc1. The van der Waals surface area contributed by atoms with Gasteiger partial charge in [-0.15, -0.1) is 0 Å². The zero-order valence-electron chi connectivity index (χ0n) is 31.6. The van der Waals surface area contributed by atoms with Gasteiger partial charge in [-0.3, -0.25) is 0 Å². The zero-order chi connectivity index (χ0) is 37.9. The summed E-state index contributed by atoms with van der Waals surface area (Å²) in [7, 11) is 2.15. The van der Waals surface area contributed by atoms with Crippen molar-refractivity contribution in [1.29, 1.82) is 0 Å². The minimum atomic E-state index is 1.15. The summed E-state index contributed by atoms with van der Waals surface area (Å²) in [4.78, 5) is 0. The fourth-order valence-electron chi connectivity index (χ4n) is 8.74. The van der Waals surface area contributed by atoms with Crippen LogP contribution in [0.3, 0.4) is 0 Å². The highest BCUT2D eigenvalue weighted by molar-refractivity contribution is 6.32. The second-order valence-electron chi connectivity index (χ2n) is 15.1. The number of benzene rings is 9. The molecular formula is C54H37BN2.